The molecular weight excluding hydrogens is 376 g/mol. The van der Waals surface area contributed by atoms with Crippen molar-refractivity contribution in [2.45, 2.75) is 18.7 Å². The maximum absolute atomic E-state index is 12.4. The SMILES string of the molecule is Cc1csc(-c2ccc(OS(=O)(=O)c3ccc([N+](=O)[O-])c(C)c3)cc2)n1. The van der Waals surface area contributed by atoms with Gasteiger partial charge in [0.1, 0.15) is 15.7 Å². The Morgan fingerprint density at radius 2 is 1.81 bits per heavy atom. The van der Waals surface area contributed by atoms with E-state index in [9.17, 15) is 18.5 Å². The van der Waals surface area contributed by atoms with Crippen molar-refractivity contribution in [3.8, 4) is 16.3 Å². The number of rotatable bonds is 5. The highest BCUT2D eigenvalue weighted by atomic mass is 32.2. The Morgan fingerprint density at radius 1 is 1.12 bits per heavy atom. The molecule has 0 saturated heterocycles. The number of thiazole rings is 1. The summed E-state index contributed by atoms with van der Waals surface area (Å²) in [6, 6.07) is 10.1. The number of hydrogen-bond acceptors (Lipinski definition) is 7. The van der Waals surface area contributed by atoms with E-state index in [-0.39, 0.29) is 21.9 Å². The van der Waals surface area contributed by atoms with Crippen molar-refractivity contribution >= 4 is 27.1 Å². The maximum Gasteiger partial charge on any atom is 0.339 e. The standard InChI is InChI=1S/C17H14N2O5S2/c1-11-9-15(7-8-16(11)19(20)21)26(22,23)24-14-5-3-13(4-6-14)17-18-12(2)10-25-17/h3-10H,1-2H3. The molecule has 0 fully saturated rings. The number of aryl methyl sites for hydroxylation is 2. The summed E-state index contributed by atoms with van der Waals surface area (Å²) in [5.41, 5.74) is 1.88. The van der Waals surface area contributed by atoms with Gasteiger partial charge in [0.2, 0.25) is 0 Å². The van der Waals surface area contributed by atoms with E-state index in [1.165, 1.54) is 24.3 Å². The second-order valence-corrected chi connectivity index (χ2v) is 7.97. The first-order valence-electron chi connectivity index (χ1n) is 7.48. The van der Waals surface area contributed by atoms with E-state index in [4.69, 9.17) is 4.18 Å². The molecule has 9 heteroatoms. The largest absolute Gasteiger partial charge is 0.379 e. The maximum atomic E-state index is 12.4. The van der Waals surface area contributed by atoms with E-state index in [2.05, 4.69) is 4.98 Å². The predicted molar refractivity (Wildman–Crippen MR) is 97.9 cm³/mol. The van der Waals surface area contributed by atoms with Gasteiger partial charge >= 0.3 is 10.1 Å². The lowest BCUT2D eigenvalue weighted by Gasteiger charge is -2.08. The summed E-state index contributed by atoms with van der Waals surface area (Å²) < 4.78 is 29.9. The molecule has 0 amide bonds. The van der Waals surface area contributed by atoms with E-state index in [0.29, 0.717) is 0 Å². The second-order valence-electron chi connectivity index (χ2n) is 5.56. The Hall–Kier alpha value is -2.78. The van der Waals surface area contributed by atoms with Crippen LogP contribution in [0.4, 0.5) is 5.69 Å². The highest BCUT2D eigenvalue weighted by molar-refractivity contribution is 7.87. The third-order valence-corrected chi connectivity index (χ3v) is 5.83. The molecule has 0 unspecified atom stereocenters. The summed E-state index contributed by atoms with van der Waals surface area (Å²) in [5.74, 6) is 0.151. The Labute approximate surface area is 154 Å². The molecule has 134 valence electrons. The van der Waals surface area contributed by atoms with Gasteiger partial charge in [-0.25, -0.2) is 4.98 Å². The van der Waals surface area contributed by atoms with Gasteiger partial charge in [0.05, 0.1) is 4.92 Å². The van der Waals surface area contributed by atoms with Gasteiger partial charge in [-0.05, 0) is 50.2 Å². The number of aromatic nitrogens is 1. The Morgan fingerprint density at radius 3 is 2.35 bits per heavy atom. The van der Waals surface area contributed by atoms with Gasteiger partial charge in [0.25, 0.3) is 5.69 Å². The van der Waals surface area contributed by atoms with E-state index >= 15 is 0 Å². The molecule has 2 aromatic carbocycles. The first-order chi connectivity index (χ1) is 12.3. The molecule has 0 saturated carbocycles. The molecule has 7 nitrogen and oxygen atoms in total. The van der Waals surface area contributed by atoms with E-state index in [0.717, 1.165) is 28.4 Å². The van der Waals surface area contributed by atoms with Gasteiger partial charge in [0.15, 0.2) is 0 Å². The quantitative estimate of drug-likeness (QED) is 0.369. The first-order valence-corrected chi connectivity index (χ1v) is 9.77. The van der Waals surface area contributed by atoms with Crippen molar-refractivity contribution in [1.29, 1.82) is 0 Å². The fraction of sp³-hybridized carbons (Fsp3) is 0.118. The first kappa shape index (κ1) is 18.0. The minimum absolute atomic E-state index is 0.139. The van der Waals surface area contributed by atoms with Crippen LogP contribution in [0, 0.1) is 24.0 Å². The average Bonchev–Trinajstić information content (AvgIpc) is 3.01. The lowest BCUT2D eigenvalue weighted by molar-refractivity contribution is -0.385. The Bertz CT molecular complexity index is 1070. The van der Waals surface area contributed by atoms with Gasteiger partial charge < -0.3 is 4.18 Å². The van der Waals surface area contributed by atoms with Crippen molar-refractivity contribution in [2.75, 3.05) is 0 Å². The molecule has 0 aliphatic rings. The number of nitrogens with zero attached hydrogens (tertiary/aromatic N) is 2. The fourth-order valence-corrected chi connectivity index (χ4v) is 4.12. The van der Waals surface area contributed by atoms with Gasteiger partial charge in [-0.15, -0.1) is 11.3 Å². The molecule has 0 N–H and O–H groups in total. The highest BCUT2D eigenvalue weighted by Gasteiger charge is 2.20. The zero-order valence-corrected chi connectivity index (χ0v) is 15.5. The van der Waals surface area contributed by atoms with Crippen molar-refractivity contribution in [2.24, 2.45) is 0 Å². The number of nitro benzene ring substituents is 1. The van der Waals surface area contributed by atoms with Crippen LogP contribution in [0.15, 0.2) is 52.7 Å². The van der Waals surface area contributed by atoms with Crippen molar-refractivity contribution < 1.29 is 17.5 Å². The molecule has 3 rings (SSSR count). The van der Waals surface area contributed by atoms with Crippen molar-refractivity contribution in [1.82, 2.24) is 4.98 Å². The van der Waals surface area contributed by atoms with Crippen LogP contribution in [0.25, 0.3) is 10.6 Å². The molecule has 0 spiro atoms. The van der Waals surface area contributed by atoms with Gasteiger partial charge in [0, 0.05) is 28.3 Å². The molecule has 1 heterocycles. The minimum Gasteiger partial charge on any atom is -0.379 e. The summed E-state index contributed by atoms with van der Waals surface area (Å²) in [6.45, 7) is 3.37. The summed E-state index contributed by atoms with van der Waals surface area (Å²) in [4.78, 5) is 14.5. The van der Waals surface area contributed by atoms with Crippen molar-refractivity contribution in [3.63, 3.8) is 0 Å². The lowest BCUT2D eigenvalue weighted by Crippen LogP contribution is -2.10. The normalized spacial score (nSPS) is 11.3. The minimum atomic E-state index is -4.09. The molecule has 26 heavy (non-hydrogen) atoms. The smallest absolute Gasteiger partial charge is 0.339 e. The summed E-state index contributed by atoms with van der Waals surface area (Å²) in [5, 5.41) is 13.6. The van der Waals surface area contributed by atoms with E-state index < -0.39 is 15.0 Å². The second kappa shape index (κ2) is 6.85. The van der Waals surface area contributed by atoms with Gasteiger partial charge in [-0.1, -0.05) is 0 Å². The molecular formula is C17H14N2O5S2. The molecule has 0 atom stereocenters. The van der Waals surface area contributed by atoms with Crippen LogP contribution < -0.4 is 4.18 Å². The Balaban J connectivity index is 1.83. The number of hydrogen-bond donors (Lipinski definition) is 0. The van der Waals surface area contributed by atoms with Crippen LogP contribution in [0.5, 0.6) is 5.75 Å². The highest BCUT2D eigenvalue weighted by Crippen LogP contribution is 2.28. The fourth-order valence-electron chi connectivity index (χ4n) is 2.30. The van der Waals surface area contributed by atoms with Crippen LogP contribution in [0.3, 0.4) is 0 Å². The van der Waals surface area contributed by atoms with Crippen molar-refractivity contribution in [3.05, 3.63) is 69.2 Å². The zero-order chi connectivity index (χ0) is 18.9. The van der Waals surface area contributed by atoms with E-state index in [1.54, 1.807) is 24.3 Å². The average molecular weight is 390 g/mol. The summed E-state index contributed by atoms with van der Waals surface area (Å²) in [7, 11) is -4.09. The molecule has 0 radical (unpaired) electrons. The molecule has 3 aromatic rings. The van der Waals surface area contributed by atoms with Crippen LogP contribution in [-0.2, 0) is 10.1 Å². The summed E-state index contributed by atoms with van der Waals surface area (Å²) >= 11 is 1.50. The molecule has 0 bridgehead atoms. The number of nitro groups is 1. The predicted octanol–water partition coefficient (Wildman–Crippen LogP) is 4.10. The molecule has 0 aliphatic heterocycles. The van der Waals surface area contributed by atoms with Crippen LogP contribution in [-0.4, -0.2) is 18.3 Å². The molecule has 0 aliphatic carbocycles. The lowest BCUT2D eigenvalue weighted by atomic mass is 10.2. The van der Waals surface area contributed by atoms with Crippen LogP contribution in [0.1, 0.15) is 11.3 Å². The Kier molecular flexibility index (Phi) is 4.75. The zero-order valence-electron chi connectivity index (χ0n) is 13.9. The summed E-state index contributed by atoms with van der Waals surface area (Å²) in [6.07, 6.45) is 0. The van der Waals surface area contributed by atoms with Crippen LogP contribution in [0.2, 0.25) is 0 Å². The number of benzene rings is 2. The third kappa shape index (κ3) is 3.73. The third-order valence-electron chi connectivity index (χ3n) is 3.58. The van der Waals surface area contributed by atoms with Gasteiger partial charge in [-0.3, -0.25) is 10.1 Å². The monoisotopic (exact) mass is 390 g/mol. The van der Waals surface area contributed by atoms with E-state index in [1.807, 2.05) is 12.3 Å². The van der Waals surface area contributed by atoms with Gasteiger partial charge in [-0.2, -0.15) is 8.42 Å². The topological polar surface area (TPSA) is 99.4 Å². The van der Waals surface area contributed by atoms with Crippen LogP contribution >= 0.6 is 11.3 Å². The molecule has 1 aromatic heterocycles.